The van der Waals surface area contributed by atoms with Crippen LogP contribution < -0.4 is 25.8 Å². The molecule has 1 saturated heterocycles. The lowest BCUT2D eigenvalue weighted by molar-refractivity contribution is -0.140. The quantitative estimate of drug-likeness (QED) is 0.136. The Hall–Kier alpha value is -5.26. The summed E-state index contributed by atoms with van der Waals surface area (Å²) in [4.78, 5) is 41.3. The third-order valence-electron chi connectivity index (χ3n) is 7.47. The zero-order valence-electron chi connectivity index (χ0n) is 25.2. The Bertz CT molecular complexity index is 1740. The molecule has 4 rings (SSSR count). The third kappa shape index (κ3) is 8.68. The predicted octanol–water partition coefficient (Wildman–Crippen LogP) is 1.51. The molecule has 0 aromatic heterocycles. The van der Waals surface area contributed by atoms with Crippen molar-refractivity contribution in [2.24, 2.45) is 5.73 Å². The highest BCUT2D eigenvalue weighted by Crippen LogP contribution is 2.22. The highest BCUT2D eigenvalue weighted by Gasteiger charge is 2.39. The summed E-state index contributed by atoms with van der Waals surface area (Å²) in [5.74, 6) is -1.36. The molecule has 0 unspecified atom stereocenters. The summed E-state index contributed by atoms with van der Waals surface area (Å²) in [6, 6.07) is 18.6. The lowest BCUT2D eigenvalue weighted by Gasteiger charge is -2.28. The van der Waals surface area contributed by atoms with E-state index in [0.29, 0.717) is 35.3 Å². The second kappa shape index (κ2) is 15.2. The van der Waals surface area contributed by atoms with E-state index in [4.69, 9.17) is 21.1 Å². The van der Waals surface area contributed by atoms with Gasteiger partial charge in [-0.2, -0.15) is 9.98 Å². The maximum atomic E-state index is 13.9. The van der Waals surface area contributed by atoms with Crippen molar-refractivity contribution >= 4 is 33.6 Å². The number of nitrogens with zero attached hydrogens (tertiary/aromatic N) is 2. The standard InChI is InChI=1S/C32H35N7O6S/c1-45-25-11-13-26(14-12-25)46(43,44)38-27(17-29(40)36-20-23-5-2-4-22(16-23)18-33)32(42)39-15-3-6-28(39)31(41)37-19-21-7-9-24(10-8-21)30(34)35/h2,4-5,7-14,16,27-28,38H,3,6,15,17,19-20H2,1H3,(H3,34,35)(H,36,40)(H,37,41)/t27-,28-/m0/s1. The summed E-state index contributed by atoms with van der Waals surface area (Å²) in [6.45, 7) is 0.425. The highest BCUT2D eigenvalue weighted by molar-refractivity contribution is 7.89. The van der Waals surface area contributed by atoms with Gasteiger partial charge in [-0.15, -0.1) is 0 Å². The average Bonchev–Trinajstić information content (AvgIpc) is 3.56. The van der Waals surface area contributed by atoms with Crippen LogP contribution in [0.15, 0.2) is 77.7 Å². The molecule has 2 atom stereocenters. The molecule has 0 radical (unpaired) electrons. The maximum Gasteiger partial charge on any atom is 0.243 e. The molecule has 13 nitrogen and oxygen atoms in total. The Kier molecular flexibility index (Phi) is 11.1. The number of carbonyl (C=O) groups is 3. The Morgan fingerprint density at radius 3 is 2.39 bits per heavy atom. The number of sulfonamides is 1. The molecule has 240 valence electrons. The van der Waals surface area contributed by atoms with E-state index in [0.717, 1.165) is 5.56 Å². The van der Waals surface area contributed by atoms with Crippen molar-refractivity contribution in [2.45, 2.75) is 49.3 Å². The number of carbonyl (C=O) groups excluding carboxylic acids is 3. The summed E-state index contributed by atoms with van der Waals surface area (Å²) < 4.78 is 34.2. The number of likely N-dealkylation sites (tertiary alicyclic amines) is 1. The number of nitrogen functional groups attached to an aromatic ring is 1. The minimum absolute atomic E-state index is 0.0582. The van der Waals surface area contributed by atoms with E-state index in [9.17, 15) is 22.8 Å². The van der Waals surface area contributed by atoms with Crippen LogP contribution >= 0.6 is 0 Å². The zero-order chi connectivity index (χ0) is 33.3. The molecule has 0 bridgehead atoms. The van der Waals surface area contributed by atoms with Gasteiger partial charge in [-0.1, -0.05) is 36.4 Å². The van der Waals surface area contributed by atoms with Gasteiger partial charge in [0.05, 0.1) is 30.1 Å². The molecule has 3 amide bonds. The fraction of sp³-hybridized carbons (Fsp3) is 0.281. The second-order valence-electron chi connectivity index (χ2n) is 10.7. The Morgan fingerprint density at radius 1 is 1.04 bits per heavy atom. The molecular weight excluding hydrogens is 610 g/mol. The van der Waals surface area contributed by atoms with E-state index < -0.39 is 46.2 Å². The van der Waals surface area contributed by atoms with Crippen molar-refractivity contribution in [3.63, 3.8) is 0 Å². The number of amidine groups is 1. The zero-order valence-corrected chi connectivity index (χ0v) is 26.0. The van der Waals surface area contributed by atoms with Crippen LogP contribution in [0.3, 0.4) is 0 Å². The SMILES string of the molecule is COc1ccc(S(=O)(=O)N[C@@H](CC(=O)NCc2cccc(C#N)c2)C(=O)N2CCC[C@H]2C(=O)NCc2ccc(C(=N)N)cc2)cc1. The van der Waals surface area contributed by atoms with Gasteiger partial charge in [0.15, 0.2) is 0 Å². The van der Waals surface area contributed by atoms with Crippen LogP contribution in [0.25, 0.3) is 0 Å². The first-order valence-electron chi connectivity index (χ1n) is 14.4. The Balaban J connectivity index is 1.49. The van der Waals surface area contributed by atoms with Crippen LogP contribution in [0, 0.1) is 16.7 Å². The van der Waals surface area contributed by atoms with Gasteiger partial charge in [0, 0.05) is 25.2 Å². The van der Waals surface area contributed by atoms with Crippen molar-refractivity contribution in [3.8, 4) is 11.8 Å². The number of amides is 3. The van der Waals surface area contributed by atoms with Gasteiger partial charge in [-0.05, 0) is 60.4 Å². The number of methoxy groups -OCH3 is 1. The molecule has 3 aromatic rings. The van der Waals surface area contributed by atoms with Crippen molar-refractivity contribution in [1.29, 1.82) is 10.7 Å². The van der Waals surface area contributed by atoms with Crippen LogP contribution in [-0.4, -0.2) is 62.6 Å². The average molecular weight is 646 g/mol. The normalized spacial score (nSPS) is 15.0. The van der Waals surface area contributed by atoms with Gasteiger partial charge in [0.2, 0.25) is 27.7 Å². The number of nitrogens with two attached hydrogens (primary N) is 1. The first kappa shape index (κ1) is 33.6. The molecule has 0 saturated carbocycles. The van der Waals surface area contributed by atoms with Crippen molar-refractivity contribution in [3.05, 3.63) is 95.1 Å². The predicted molar refractivity (Wildman–Crippen MR) is 169 cm³/mol. The summed E-state index contributed by atoms with van der Waals surface area (Å²) in [5.41, 5.74) is 7.87. The maximum absolute atomic E-state index is 13.9. The smallest absolute Gasteiger partial charge is 0.243 e. The molecule has 14 heteroatoms. The first-order chi connectivity index (χ1) is 22.0. The van der Waals surface area contributed by atoms with E-state index in [1.165, 1.54) is 36.3 Å². The number of nitrogens with one attached hydrogen (secondary N) is 4. The topological polar surface area (TPSA) is 208 Å². The highest BCUT2D eigenvalue weighted by atomic mass is 32.2. The van der Waals surface area contributed by atoms with Gasteiger partial charge in [0.25, 0.3) is 0 Å². The van der Waals surface area contributed by atoms with Gasteiger partial charge >= 0.3 is 0 Å². The van der Waals surface area contributed by atoms with E-state index in [2.05, 4.69) is 15.4 Å². The van der Waals surface area contributed by atoms with Crippen molar-refractivity contribution in [2.75, 3.05) is 13.7 Å². The van der Waals surface area contributed by atoms with Gasteiger partial charge in [-0.25, -0.2) is 8.42 Å². The summed E-state index contributed by atoms with van der Waals surface area (Å²) in [6.07, 6.45) is 0.343. The van der Waals surface area contributed by atoms with E-state index in [1.54, 1.807) is 48.5 Å². The lowest BCUT2D eigenvalue weighted by Crippen LogP contribution is -2.54. The fourth-order valence-electron chi connectivity index (χ4n) is 5.01. The largest absolute Gasteiger partial charge is 0.497 e. The van der Waals surface area contributed by atoms with Crippen molar-refractivity contribution in [1.82, 2.24) is 20.3 Å². The first-order valence-corrected chi connectivity index (χ1v) is 15.9. The Morgan fingerprint density at radius 2 is 1.74 bits per heavy atom. The molecule has 3 aromatic carbocycles. The fourth-order valence-corrected chi connectivity index (χ4v) is 6.20. The minimum Gasteiger partial charge on any atom is -0.497 e. The van der Waals surface area contributed by atoms with Crippen LogP contribution in [0.5, 0.6) is 5.75 Å². The van der Waals surface area contributed by atoms with E-state index >= 15 is 0 Å². The number of ether oxygens (including phenoxy) is 1. The summed E-state index contributed by atoms with van der Waals surface area (Å²) in [5, 5.41) is 22.2. The molecular formula is C32H35N7O6S. The number of nitriles is 1. The van der Waals surface area contributed by atoms with Crippen LogP contribution in [0.2, 0.25) is 0 Å². The summed E-state index contributed by atoms with van der Waals surface area (Å²) >= 11 is 0. The molecule has 1 aliphatic heterocycles. The molecule has 0 spiro atoms. The van der Waals surface area contributed by atoms with Gasteiger partial charge < -0.3 is 26.0 Å². The second-order valence-corrected chi connectivity index (χ2v) is 12.4. The number of hydrogen-bond acceptors (Lipinski definition) is 8. The molecule has 1 aliphatic rings. The third-order valence-corrected chi connectivity index (χ3v) is 8.96. The molecule has 46 heavy (non-hydrogen) atoms. The van der Waals surface area contributed by atoms with Gasteiger partial charge in [-0.3, -0.25) is 19.8 Å². The number of hydrogen-bond donors (Lipinski definition) is 5. The Labute approximate surface area is 267 Å². The lowest BCUT2D eigenvalue weighted by atomic mass is 10.1. The van der Waals surface area contributed by atoms with Crippen LogP contribution in [0.1, 0.15) is 41.5 Å². The minimum atomic E-state index is -4.27. The molecule has 0 aliphatic carbocycles. The van der Waals surface area contributed by atoms with Crippen molar-refractivity contribution < 1.29 is 27.5 Å². The molecule has 1 heterocycles. The number of benzene rings is 3. The van der Waals surface area contributed by atoms with Crippen LogP contribution in [0.4, 0.5) is 0 Å². The monoisotopic (exact) mass is 645 g/mol. The molecule has 1 fully saturated rings. The van der Waals surface area contributed by atoms with Gasteiger partial charge in [0.1, 0.15) is 23.7 Å². The number of rotatable bonds is 13. The van der Waals surface area contributed by atoms with Crippen LogP contribution in [-0.2, 0) is 37.5 Å². The van der Waals surface area contributed by atoms with E-state index in [-0.39, 0.29) is 30.4 Å². The van der Waals surface area contributed by atoms with E-state index in [1.807, 2.05) is 6.07 Å². The molecule has 6 N–H and O–H groups in total. The summed E-state index contributed by atoms with van der Waals surface area (Å²) in [7, 11) is -2.83.